The predicted molar refractivity (Wildman–Crippen MR) is 48.8 cm³/mol. The Morgan fingerprint density at radius 1 is 1.33 bits per heavy atom. The van der Waals surface area contributed by atoms with Crippen LogP contribution >= 0.6 is 0 Å². The molecular formula is C10H12O2. The van der Waals surface area contributed by atoms with Crippen LogP contribution in [0.15, 0.2) is 30.3 Å². The molecule has 12 heavy (non-hydrogen) atoms. The summed E-state index contributed by atoms with van der Waals surface area (Å²) in [6.45, 7) is 1.97. The lowest BCUT2D eigenvalue weighted by molar-refractivity contribution is 0.343. The summed E-state index contributed by atoms with van der Waals surface area (Å²) in [6.07, 6.45) is 1.73. The quantitative estimate of drug-likeness (QED) is 0.699. The van der Waals surface area contributed by atoms with Crippen molar-refractivity contribution >= 4 is 5.57 Å². The third kappa shape index (κ3) is 2.10. The molecule has 0 aliphatic rings. The van der Waals surface area contributed by atoms with E-state index in [2.05, 4.69) is 0 Å². The van der Waals surface area contributed by atoms with Gasteiger partial charge in [0.1, 0.15) is 5.75 Å². The van der Waals surface area contributed by atoms with Crippen LogP contribution in [0.2, 0.25) is 0 Å². The zero-order valence-corrected chi connectivity index (χ0v) is 6.99. The Balaban J connectivity index is 2.89. The highest BCUT2D eigenvalue weighted by Crippen LogP contribution is 2.16. The minimum Gasteiger partial charge on any atom is -0.508 e. The van der Waals surface area contributed by atoms with Crippen LogP contribution in [0, 0.1) is 0 Å². The number of hydrogen-bond acceptors (Lipinski definition) is 2. The fraction of sp³-hybridized carbons (Fsp3) is 0.200. The SMILES string of the molecule is C/C(=C/CO)c1ccc(O)cc1. The van der Waals surface area contributed by atoms with E-state index >= 15 is 0 Å². The van der Waals surface area contributed by atoms with Gasteiger partial charge in [-0.15, -0.1) is 0 Å². The van der Waals surface area contributed by atoms with Crippen LogP contribution in [0.3, 0.4) is 0 Å². The van der Waals surface area contributed by atoms with E-state index in [4.69, 9.17) is 10.2 Å². The number of phenolic OH excluding ortho intramolecular Hbond substituents is 1. The van der Waals surface area contributed by atoms with Crippen molar-refractivity contribution < 1.29 is 10.2 Å². The van der Waals surface area contributed by atoms with Gasteiger partial charge in [-0.2, -0.15) is 0 Å². The normalized spacial score (nSPS) is 11.7. The number of aliphatic hydroxyl groups excluding tert-OH is 1. The first-order valence-electron chi connectivity index (χ1n) is 3.81. The Hall–Kier alpha value is -1.28. The molecule has 0 saturated carbocycles. The first kappa shape index (κ1) is 8.81. The van der Waals surface area contributed by atoms with Crippen molar-refractivity contribution in [2.75, 3.05) is 6.61 Å². The molecule has 2 N–H and O–H groups in total. The molecule has 0 bridgehead atoms. The molecule has 2 heteroatoms. The Bertz CT molecular complexity index is 272. The van der Waals surface area contributed by atoms with E-state index in [0.717, 1.165) is 11.1 Å². The van der Waals surface area contributed by atoms with Gasteiger partial charge in [-0.25, -0.2) is 0 Å². The lowest BCUT2D eigenvalue weighted by Crippen LogP contribution is -1.81. The van der Waals surface area contributed by atoms with Crippen LogP contribution in [-0.2, 0) is 0 Å². The van der Waals surface area contributed by atoms with Gasteiger partial charge in [0.05, 0.1) is 6.61 Å². The smallest absolute Gasteiger partial charge is 0.115 e. The third-order valence-electron chi connectivity index (χ3n) is 1.72. The molecule has 1 rings (SSSR count). The monoisotopic (exact) mass is 164 g/mol. The summed E-state index contributed by atoms with van der Waals surface area (Å²) in [4.78, 5) is 0. The number of aliphatic hydroxyl groups is 1. The lowest BCUT2D eigenvalue weighted by Gasteiger charge is -2.00. The molecule has 0 aliphatic heterocycles. The van der Waals surface area contributed by atoms with Crippen molar-refractivity contribution in [3.63, 3.8) is 0 Å². The molecule has 1 aromatic rings. The standard InChI is InChI=1S/C10H12O2/c1-8(6-7-11)9-2-4-10(12)5-3-9/h2-6,11-12H,7H2,1H3/b8-6-. The van der Waals surface area contributed by atoms with Gasteiger partial charge in [-0.05, 0) is 30.2 Å². The van der Waals surface area contributed by atoms with Crippen molar-refractivity contribution in [1.82, 2.24) is 0 Å². The number of aromatic hydroxyl groups is 1. The Labute approximate surface area is 71.8 Å². The van der Waals surface area contributed by atoms with Gasteiger partial charge in [-0.1, -0.05) is 18.2 Å². The van der Waals surface area contributed by atoms with Gasteiger partial charge in [0.15, 0.2) is 0 Å². The molecule has 0 radical (unpaired) electrons. The van der Waals surface area contributed by atoms with E-state index in [0.29, 0.717) is 0 Å². The summed E-state index contributed by atoms with van der Waals surface area (Å²) in [5.74, 6) is 0.260. The largest absolute Gasteiger partial charge is 0.508 e. The van der Waals surface area contributed by atoms with Gasteiger partial charge < -0.3 is 10.2 Å². The maximum Gasteiger partial charge on any atom is 0.115 e. The molecule has 0 heterocycles. The number of hydrogen-bond donors (Lipinski definition) is 2. The van der Waals surface area contributed by atoms with Gasteiger partial charge in [0, 0.05) is 0 Å². The topological polar surface area (TPSA) is 40.5 Å². The molecule has 0 aromatic heterocycles. The van der Waals surface area contributed by atoms with Gasteiger partial charge in [-0.3, -0.25) is 0 Å². The summed E-state index contributed by atoms with van der Waals surface area (Å²) in [7, 11) is 0. The minimum atomic E-state index is 0.0483. The molecule has 0 fully saturated rings. The van der Waals surface area contributed by atoms with Crippen molar-refractivity contribution in [1.29, 1.82) is 0 Å². The number of allylic oxidation sites excluding steroid dienone is 1. The van der Waals surface area contributed by atoms with E-state index < -0.39 is 0 Å². The van der Waals surface area contributed by atoms with Gasteiger partial charge in [0.2, 0.25) is 0 Å². The molecule has 0 atom stereocenters. The summed E-state index contributed by atoms with van der Waals surface area (Å²) in [5.41, 5.74) is 2.03. The number of rotatable bonds is 2. The van der Waals surface area contributed by atoms with Crippen molar-refractivity contribution in [3.8, 4) is 5.75 Å². The van der Waals surface area contributed by atoms with E-state index in [1.165, 1.54) is 0 Å². The molecule has 0 saturated heterocycles. The number of phenols is 1. The average molecular weight is 164 g/mol. The molecule has 1 aromatic carbocycles. The fourth-order valence-electron chi connectivity index (χ4n) is 0.979. The van der Waals surface area contributed by atoms with Crippen LogP contribution in [0.4, 0.5) is 0 Å². The maximum atomic E-state index is 9.00. The van der Waals surface area contributed by atoms with E-state index in [1.807, 2.05) is 19.1 Å². The van der Waals surface area contributed by atoms with E-state index in [1.54, 1.807) is 18.2 Å². The minimum absolute atomic E-state index is 0.0483. The van der Waals surface area contributed by atoms with Gasteiger partial charge in [0.25, 0.3) is 0 Å². The van der Waals surface area contributed by atoms with Crippen LogP contribution in [0.5, 0.6) is 5.75 Å². The van der Waals surface area contributed by atoms with Gasteiger partial charge >= 0.3 is 0 Å². The van der Waals surface area contributed by atoms with Crippen molar-refractivity contribution in [3.05, 3.63) is 35.9 Å². The Morgan fingerprint density at radius 2 is 1.92 bits per heavy atom. The zero-order chi connectivity index (χ0) is 8.97. The third-order valence-corrected chi connectivity index (χ3v) is 1.72. The zero-order valence-electron chi connectivity index (χ0n) is 6.99. The first-order chi connectivity index (χ1) is 5.74. The fourth-order valence-corrected chi connectivity index (χ4v) is 0.979. The van der Waals surface area contributed by atoms with E-state index in [9.17, 15) is 0 Å². The summed E-state index contributed by atoms with van der Waals surface area (Å²) < 4.78 is 0. The summed E-state index contributed by atoms with van der Waals surface area (Å²) >= 11 is 0. The van der Waals surface area contributed by atoms with E-state index in [-0.39, 0.29) is 12.4 Å². The maximum absolute atomic E-state index is 9.00. The molecule has 0 aliphatic carbocycles. The Morgan fingerprint density at radius 3 is 2.42 bits per heavy atom. The highest BCUT2D eigenvalue weighted by Gasteiger charge is 1.93. The Kier molecular flexibility index (Phi) is 2.88. The highest BCUT2D eigenvalue weighted by molar-refractivity contribution is 5.64. The number of benzene rings is 1. The lowest BCUT2D eigenvalue weighted by atomic mass is 10.1. The van der Waals surface area contributed by atoms with Crippen LogP contribution in [0.1, 0.15) is 12.5 Å². The second-order valence-corrected chi connectivity index (χ2v) is 2.62. The van der Waals surface area contributed by atoms with Crippen molar-refractivity contribution in [2.24, 2.45) is 0 Å². The predicted octanol–water partition coefficient (Wildman–Crippen LogP) is 1.79. The second-order valence-electron chi connectivity index (χ2n) is 2.62. The summed E-state index contributed by atoms with van der Waals surface area (Å²) in [6, 6.07) is 6.89. The molecule has 0 spiro atoms. The summed E-state index contributed by atoms with van der Waals surface area (Å²) in [5, 5.41) is 17.6. The molecule has 0 unspecified atom stereocenters. The second kappa shape index (κ2) is 3.93. The van der Waals surface area contributed by atoms with Crippen LogP contribution in [-0.4, -0.2) is 16.8 Å². The van der Waals surface area contributed by atoms with Crippen LogP contribution < -0.4 is 0 Å². The van der Waals surface area contributed by atoms with Crippen LogP contribution in [0.25, 0.3) is 5.57 Å². The average Bonchev–Trinajstić information content (AvgIpc) is 2.06. The highest BCUT2D eigenvalue weighted by atomic mass is 16.3. The first-order valence-corrected chi connectivity index (χ1v) is 3.81. The molecule has 64 valence electrons. The molecule has 2 nitrogen and oxygen atoms in total. The molecular weight excluding hydrogens is 152 g/mol. The van der Waals surface area contributed by atoms with Crippen molar-refractivity contribution in [2.45, 2.75) is 6.92 Å². The molecule has 0 amide bonds.